The molecule has 1 aromatic heterocycles. The lowest BCUT2D eigenvalue weighted by atomic mass is 10.2. The Kier molecular flexibility index (Phi) is 4.37. The number of aromatic nitrogens is 2. The Hall–Kier alpha value is -3.02. The molecule has 1 amide bonds. The van der Waals surface area contributed by atoms with E-state index in [9.17, 15) is 13.6 Å². The first-order valence-corrected chi connectivity index (χ1v) is 7.38. The zero-order valence-electron chi connectivity index (χ0n) is 13.0. The third-order valence-corrected chi connectivity index (χ3v) is 3.52. The molecule has 0 spiro atoms. The van der Waals surface area contributed by atoms with E-state index >= 15 is 0 Å². The summed E-state index contributed by atoms with van der Waals surface area (Å²) in [6, 6.07) is 14.8. The van der Waals surface area contributed by atoms with Gasteiger partial charge in [-0.15, -0.1) is 0 Å². The molecule has 2 aromatic carbocycles. The fraction of sp³-hybridized carbons (Fsp3) is 0.111. The number of amides is 1. The maximum atomic E-state index is 13.7. The summed E-state index contributed by atoms with van der Waals surface area (Å²) in [6.45, 7) is 2.25. The summed E-state index contributed by atoms with van der Waals surface area (Å²) in [5.41, 5.74) is 1.37. The van der Waals surface area contributed by atoms with E-state index in [-0.39, 0.29) is 5.56 Å². The van der Waals surface area contributed by atoms with Gasteiger partial charge >= 0.3 is 0 Å². The highest BCUT2D eigenvalue weighted by atomic mass is 19.2. The van der Waals surface area contributed by atoms with Crippen molar-refractivity contribution < 1.29 is 13.6 Å². The molecule has 3 rings (SSSR count). The monoisotopic (exact) mass is 327 g/mol. The summed E-state index contributed by atoms with van der Waals surface area (Å²) in [6.07, 6.45) is 0. The molecule has 0 radical (unpaired) electrons. The Balaban J connectivity index is 1.85. The zero-order valence-corrected chi connectivity index (χ0v) is 13.0. The van der Waals surface area contributed by atoms with E-state index in [1.165, 1.54) is 12.1 Å². The van der Waals surface area contributed by atoms with Crippen molar-refractivity contribution in [2.75, 3.05) is 5.32 Å². The molecular weight excluding hydrogens is 312 g/mol. The third kappa shape index (κ3) is 3.32. The van der Waals surface area contributed by atoms with Gasteiger partial charge in [0, 0.05) is 6.07 Å². The van der Waals surface area contributed by atoms with Crippen molar-refractivity contribution in [2.24, 2.45) is 0 Å². The van der Waals surface area contributed by atoms with Gasteiger partial charge in [0.25, 0.3) is 5.91 Å². The number of carbonyl (C=O) groups excluding carboxylic acids is 1. The standard InChI is InChI=1S/C18H15F2N3O/c1-12-10-16(23(22-12)11-13-6-3-2-4-7-13)21-18(24)14-8-5-9-15(19)17(14)20/h2-10H,11H2,1H3,(H,21,24). The van der Waals surface area contributed by atoms with Crippen LogP contribution < -0.4 is 5.32 Å². The number of halogens is 2. The highest BCUT2D eigenvalue weighted by Crippen LogP contribution is 2.17. The summed E-state index contributed by atoms with van der Waals surface area (Å²) >= 11 is 0. The normalized spacial score (nSPS) is 10.6. The molecule has 0 saturated carbocycles. The SMILES string of the molecule is Cc1cc(NC(=O)c2cccc(F)c2F)n(Cc2ccccc2)n1. The molecule has 24 heavy (non-hydrogen) atoms. The van der Waals surface area contributed by atoms with Gasteiger partial charge in [0.15, 0.2) is 11.6 Å². The summed E-state index contributed by atoms with van der Waals surface area (Å²) in [5, 5.41) is 6.92. The van der Waals surface area contributed by atoms with Crippen LogP contribution in [0.25, 0.3) is 0 Å². The van der Waals surface area contributed by atoms with E-state index in [2.05, 4.69) is 10.4 Å². The molecule has 0 aliphatic carbocycles. The lowest BCUT2D eigenvalue weighted by molar-refractivity contribution is 0.102. The van der Waals surface area contributed by atoms with Crippen molar-refractivity contribution >= 4 is 11.7 Å². The largest absolute Gasteiger partial charge is 0.307 e. The Morgan fingerprint density at radius 3 is 2.62 bits per heavy atom. The molecule has 0 saturated heterocycles. The average molecular weight is 327 g/mol. The van der Waals surface area contributed by atoms with Crippen molar-refractivity contribution in [2.45, 2.75) is 13.5 Å². The van der Waals surface area contributed by atoms with Crippen LogP contribution in [0.5, 0.6) is 0 Å². The van der Waals surface area contributed by atoms with Gasteiger partial charge in [-0.05, 0) is 24.6 Å². The first-order chi connectivity index (χ1) is 11.5. The summed E-state index contributed by atoms with van der Waals surface area (Å²) in [7, 11) is 0. The van der Waals surface area contributed by atoms with E-state index in [4.69, 9.17) is 0 Å². The Morgan fingerprint density at radius 1 is 1.12 bits per heavy atom. The van der Waals surface area contributed by atoms with Gasteiger partial charge in [-0.1, -0.05) is 36.4 Å². The van der Waals surface area contributed by atoms with Crippen molar-refractivity contribution in [1.82, 2.24) is 9.78 Å². The van der Waals surface area contributed by atoms with Crippen molar-refractivity contribution in [1.29, 1.82) is 0 Å². The van der Waals surface area contributed by atoms with Crippen LogP contribution in [0.3, 0.4) is 0 Å². The van der Waals surface area contributed by atoms with Gasteiger partial charge in [0.2, 0.25) is 0 Å². The van der Waals surface area contributed by atoms with Gasteiger partial charge in [0.1, 0.15) is 5.82 Å². The number of nitrogens with zero attached hydrogens (tertiary/aromatic N) is 2. The molecule has 0 aliphatic rings. The van der Waals surface area contributed by atoms with Crippen molar-refractivity contribution in [3.05, 3.63) is 83.1 Å². The smallest absolute Gasteiger partial charge is 0.259 e. The number of carbonyl (C=O) groups is 1. The molecule has 6 heteroatoms. The molecule has 0 fully saturated rings. The molecule has 0 bridgehead atoms. The van der Waals surface area contributed by atoms with Crippen LogP contribution >= 0.6 is 0 Å². The van der Waals surface area contributed by atoms with Crippen LogP contribution in [0.1, 0.15) is 21.6 Å². The lowest BCUT2D eigenvalue weighted by Gasteiger charge is -2.09. The van der Waals surface area contributed by atoms with E-state index < -0.39 is 17.5 Å². The quantitative estimate of drug-likeness (QED) is 0.793. The van der Waals surface area contributed by atoms with Crippen molar-refractivity contribution in [3.63, 3.8) is 0 Å². The van der Waals surface area contributed by atoms with Crippen LogP contribution in [0.2, 0.25) is 0 Å². The molecular formula is C18H15F2N3O. The number of aryl methyl sites for hydroxylation is 1. The van der Waals surface area contributed by atoms with Gasteiger partial charge in [-0.3, -0.25) is 4.79 Å². The Bertz CT molecular complexity index is 875. The predicted octanol–water partition coefficient (Wildman–Crippen LogP) is 3.77. The van der Waals surface area contributed by atoms with Gasteiger partial charge in [-0.2, -0.15) is 5.10 Å². The van der Waals surface area contributed by atoms with Crippen LogP contribution in [0.4, 0.5) is 14.6 Å². The molecule has 0 aliphatic heterocycles. The van der Waals surface area contributed by atoms with Crippen LogP contribution in [-0.2, 0) is 6.54 Å². The molecule has 0 unspecified atom stereocenters. The van der Waals surface area contributed by atoms with Crippen LogP contribution in [-0.4, -0.2) is 15.7 Å². The molecule has 4 nitrogen and oxygen atoms in total. The van der Waals surface area contributed by atoms with E-state index in [0.29, 0.717) is 18.1 Å². The van der Waals surface area contributed by atoms with Gasteiger partial charge < -0.3 is 5.32 Å². The Labute approximate surface area is 137 Å². The van der Waals surface area contributed by atoms with E-state index in [1.54, 1.807) is 17.7 Å². The fourth-order valence-corrected chi connectivity index (χ4v) is 2.39. The van der Waals surface area contributed by atoms with E-state index in [1.807, 2.05) is 30.3 Å². The van der Waals surface area contributed by atoms with Crippen molar-refractivity contribution in [3.8, 4) is 0 Å². The van der Waals surface area contributed by atoms with Gasteiger partial charge in [-0.25, -0.2) is 13.5 Å². The second kappa shape index (κ2) is 6.62. The Morgan fingerprint density at radius 2 is 1.88 bits per heavy atom. The predicted molar refractivity (Wildman–Crippen MR) is 86.8 cm³/mol. The number of anilines is 1. The number of hydrogen-bond acceptors (Lipinski definition) is 2. The summed E-state index contributed by atoms with van der Waals surface area (Å²) < 4.78 is 28.6. The number of benzene rings is 2. The minimum atomic E-state index is -1.17. The first-order valence-electron chi connectivity index (χ1n) is 7.38. The van der Waals surface area contributed by atoms with E-state index in [0.717, 1.165) is 11.6 Å². The summed E-state index contributed by atoms with van der Waals surface area (Å²) in [4.78, 5) is 12.2. The molecule has 3 aromatic rings. The maximum Gasteiger partial charge on any atom is 0.259 e. The van der Waals surface area contributed by atoms with Gasteiger partial charge in [0.05, 0.1) is 17.8 Å². The zero-order chi connectivity index (χ0) is 17.1. The van der Waals surface area contributed by atoms with Crippen LogP contribution in [0, 0.1) is 18.6 Å². The molecule has 1 heterocycles. The second-order valence-electron chi connectivity index (χ2n) is 5.37. The second-order valence-corrected chi connectivity index (χ2v) is 5.37. The topological polar surface area (TPSA) is 46.9 Å². The number of hydrogen-bond donors (Lipinski definition) is 1. The molecule has 1 N–H and O–H groups in total. The number of nitrogens with one attached hydrogen (secondary N) is 1. The fourth-order valence-electron chi connectivity index (χ4n) is 2.39. The minimum Gasteiger partial charge on any atom is -0.307 e. The molecule has 0 atom stereocenters. The van der Waals surface area contributed by atoms with Crippen LogP contribution in [0.15, 0.2) is 54.6 Å². The highest BCUT2D eigenvalue weighted by molar-refractivity contribution is 6.04. The third-order valence-electron chi connectivity index (χ3n) is 3.52. The summed E-state index contributed by atoms with van der Waals surface area (Å²) in [5.74, 6) is -2.52. The average Bonchev–Trinajstić information content (AvgIpc) is 2.90. The maximum absolute atomic E-state index is 13.7. The highest BCUT2D eigenvalue weighted by Gasteiger charge is 2.17. The molecule has 122 valence electrons. The lowest BCUT2D eigenvalue weighted by Crippen LogP contribution is -2.18. The first kappa shape index (κ1) is 15.9. The number of rotatable bonds is 4. The minimum absolute atomic E-state index is 0.347.